The van der Waals surface area contributed by atoms with Crippen molar-refractivity contribution in [2.45, 2.75) is 45.5 Å². The normalized spacial score (nSPS) is 14.8. The second-order valence-electron chi connectivity index (χ2n) is 9.86. The highest BCUT2D eigenvalue weighted by Crippen LogP contribution is 2.40. The summed E-state index contributed by atoms with van der Waals surface area (Å²) >= 11 is 0. The van der Waals surface area contributed by atoms with E-state index in [1.54, 1.807) is 25.4 Å². The van der Waals surface area contributed by atoms with E-state index in [1.807, 2.05) is 30.5 Å². The number of aromatic nitrogens is 4. The van der Waals surface area contributed by atoms with Gasteiger partial charge in [-0.05, 0) is 44.9 Å². The van der Waals surface area contributed by atoms with E-state index in [9.17, 15) is 13.2 Å². The number of nitrogens with zero attached hydrogens (tertiary/aromatic N) is 4. The van der Waals surface area contributed by atoms with Gasteiger partial charge in [-0.2, -0.15) is 0 Å². The number of benzene rings is 2. The van der Waals surface area contributed by atoms with Crippen molar-refractivity contribution in [1.82, 2.24) is 19.7 Å². The molecule has 0 N–H and O–H groups in total. The number of rotatable bonds is 6. The molecule has 0 saturated carbocycles. The van der Waals surface area contributed by atoms with Crippen molar-refractivity contribution in [3.63, 3.8) is 0 Å². The van der Waals surface area contributed by atoms with Gasteiger partial charge < -0.3 is 23.3 Å². The van der Waals surface area contributed by atoms with E-state index in [-0.39, 0.29) is 18.2 Å². The van der Waals surface area contributed by atoms with Crippen LogP contribution in [0.5, 0.6) is 11.5 Å². The van der Waals surface area contributed by atoms with Gasteiger partial charge in [-0.3, -0.25) is 4.98 Å². The molecule has 0 unspecified atom stereocenters. The minimum absolute atomic E-state index is 0.0790. The first kappa shape index (κ1) is 26.1. The molecule has 2 aromatic carbocycles. The Bertz CT molecular complexity index is 1680. The molecule has 8 nitrogen and oxygen atoms in total. The van der Waals surface area contributed by atoms with Gasteiger partial charge in [-0.15, -0.1) is 13.2 Å². The quantitative estimate of drug-likeness (QED) is 0.232. The molecule has 6 rings (SSSR count). The smallest absolute Gasteiger partial charge is 0.496 e. The minimum Gasteiger partial charge on any atom is -0.496 e. The van der Waals surface area contributed by atoms with Crippen LogP contribution in [0.1, 0.15) is 41.6 Å². The lowest BCUT2D eigenvalue weighted by Crippen LogP contribution is -2.20. The van der Waals surface area contributed by atoms with Crippen molar-refractivity contribution < 1.29 is 31.9 Å². The second-order valence-corrected chi connectivity index (χ2v) is 9.86. The molecule has 0 aliphatic carbocycles. The molecule has 11 heteroatoms. The van der Waals surface area contributed by atoms with Crippen molar-refractivity contribution in [3.8, 4) is 22.6 Å². The summed E-state index contributed by atoms with van der Waals surface area (Å²) in [5, 5.41) is 4.85. The summed E-state index contributed by atoms with van der Waals surface area (Å²) in [5.74, 6) is 1.87. The summed E-state index contributed by atoms with van der Waals surface area (Å²) in [6, 6.07) is 10.0. The van der Waals surface area contributed by atoms with Gasteiger partial charge in [0.15, 0.2) is 0 Å². The van der Waals surface area contributed by atoms with Crippen LogP contribution in [0, 0.1) is 13.8 Å². The second kappa shape index (κ2) is 10.1. The van der Waals surface area contributed by atoms with Crippen molar-refractivity contribution in [1.29, 1.82) is 0 Å². The first-order chi connectivity index (χ1) is 19.2. The topological polar surface area (TPSA) is 84.4 Å². The fourth-order valence-electron chi connectivity index (χ4n) is 5.55. The Morgan fingerprint density at radius 2 is 1.82 bits per heavy atom. The van der Waals surface area contributed by atoms with Crippen LogP contribution in [0.3, 0.4) is 0 Å². The van der Waals surface area contributed by atoms with Crippen LogP contribution in [0.4, 0.5) is 13.2 Å². The molecule has 1 fully saturated rings. The van der Waals surface area contributed by atoms with Crippen LogP contribution in [0.25, 0.3) is 33.1 Å². The molecule has 0 amide bonds. The van der Waals surface area contributed by atoms with Crippen LogP contribution in [0.2, 0.25) is 0 Å². The van der Waals surface area contributed by atoms with Crippen LogP contribution >= 0.6 is 0 Å². The maximum absolute atomic E-state index is 13.2. The van der Waals surface area contributed by atoms with Gasteiger partial charge in [0.05, 0.1) is 42.1 Å². The Labute approximate surface area is 227 Å². The zero-order chi connectivity index (χ0) is 28.0. The summed E-state index contributed by atoms with van der Waals surface area (Å²) in [6.45, 7) is 5.01. The van der Waals surface area contributed by atoms with Gasteiger partial charge in [0.1, 0.15) is 28.6 Å². The van der Waals surface area contributed by atoms with Gasteiger partial charge in [0, 0.05) is 35.6 Å². The molecule has 0 radical (unpaired) electrons. The zero-order valence-electron chi connectivity index (χ0n) is 22.2. The fraction of sp³-hybridized carbons (Fsp3) is 0.345. The molecule has 0 bridgehead atoms. The lowest BCUT2D eigenvalue weighted by molar-refractivity contribution is -0.274. The molecule has 0 spiro atoms. The standard InChI is InChI=1S/C29H27F3N4O4/c1-16-26(17(2)40-35-16)21-12-22-20(13-25(21)37-3)27-23(14-33-22)34-28(18-8-10-38-11-9-18)36(27)15-19-6-4-5-7-24(19)39-29(30,31)32/h4-7,12-14,18H,8-11,15H2,1-3H3. The summed E-state index contributed by atoms with van der Waals surface area (Å²) in [4.78, 5) is 9.67. The lowest BCUT2D eigenvalue weighted by Gasteiger charge is -2.23. The van der Waals surface area contributed by atoms with Crippen LogP contribution in [-0.4, -0.2) is 46.4 Å². The molecule has 0 atom stereocenters. The molecule has 1 aliphatic rings. The Morgan fingerprint density at radius 1 is 1.05 bits per heavy atom. The number of aryl methyl sites for hydroxylation is 2. The maximum atomic E-state index is 13.2. The van der Waals surface area contributed by atoms with Crippen molar-refractivity contribution in [3.05, 3.63) is 65.4 Å². The van der Waals surface area contributed by atoms with Gasteiger partial charge >= 0.3 is 6.36 Å². The number of methoxy groups -OCH3 is 1. The maximum Gasteiger partial charge on any atom is 0.573 e. The van der Waals surface area contributed by atoms with Crippen molar-refractivity contribution >= 4 is 21.9 Å². The number of imidazole rings is 1. The van der Waals surface area contributed by atoms with E-state index in [0.29, 0.717) is 41.3 Å². The molecule has 208 valence electrons. The third-order valence-corrected chi connectivity index (χ3v) is 7.34. The molecule has 3 aromatic heterocycles. The van der Waals surface area contributed by atoms with Crippen LogP contribution < -0.4 is 9.47 Å². The first-order valence-corrected chi connectivity index (χ1v) is 12.9. The Kier molecular flexibility index (Phi) is 6.61. The third kappa shape index (κ3) is 4.74. The Hall–Kier alpha value is -4.12. The van der Waals surface area contributed by atoms with Crippen LogP contribution in [0.15, 0.2) is 47.1 Å². The van der Waals surface area contributed by atoms with E-state index in [2.05, 4.69) is 9.89 Å². The number of para-hydroxylation sites is 1. The zero-order valence-corrected chi connectivity index (χ0v) is 22.2. The predicted molar refractivity (Wildman–Crippen MR) is 142 cm³/mol. The van der Waals surface area contributed by atoms with E-state index in [0.717, 1.165) is 46.4 Å². The number of hydrogen-bond donors (Lipinski definition) is 0. The molecule has 1 saturated heterocycles. The summed E-state index contributed by atoms with van der Waals surface area (Å²) < 4.78 is 62.8. The lowest BCUT2D eigenvalue weighted by atomic mass is 9.99. The first-order valence-electron chi connectivity index (χ1n) is 12.9. The number of alkyl halides is 3. The molecular weight excluding hydrogens is 525 g/mol. The summed E-state index contributed by atoms with van der Waals surface area (Å²) in [7, 11) is 1.59. The number of pyridine rings is 1. The minimum atomic E-state index is -4.81. The van der Waals surface area contributed by atoms with Crippen molar-refractivity contribution in [2.75, 3.05) is 20.3 Å². The van der Waals surface area contributed by atoms with E-state index < -0.39 is 6.36 Å². The van der Waals surface area contributed by atoms with Gasteiger partial charge in [0.2, 0.25) is 0 Å². The van der Waals surface area contributed by atoms with E-state index in [4.69, 9.17) is 24.0 Å². The van der Waals surface area contributed by atoms with Crippen LogP contribution in [-0.2, 0) is 11.3 Å². The molecule has 5 aromatic rings. The summed E-state index contributed by atoms with van der Waals surface area (Å²) in [6.07, 6.45) is -1.59. The highest BCUT2D eigenvalue weighted by Gasteiger charge is 2.32. The number of fused-ring (bicyclic) bond motifs is 3. The molecule has 40 heavy (non-hydrogen) atoms. The SMILES string of the molecule is COc1cc2c(cc1-c1c(C)noc1C)ncc1nc(C3CCOCC3)n(Cc3ccccc3OC(F)(F)F)c12. The fourth-order valence-corrected chi connectivity index (χ4v) is 5.55. The molecular formula is C29H27F3N4O4. The van der Waals surface area contributed by atoms with Crippen molar-refractivity contribution in [2.24, 2.45) is 0 Å². The Balaban J connectivity index is 1.58. The highest BCUT2D eigenvalue weighted by atomic mass is 19.4. The van der Waals surface area contributed by atoms with Gasteiger partial charge in [-0.1, -0.05) is 23.4 Å². The summed E-state index contributed by atoms with van der Waals surface area (Å²) in [5.41, 5.74) is 4.82. The molecule has 1 aliphatic heterocycles. The largest absolute Gasteiger partial charge is 0.573 e. The molecule has 4 heterocycles. The predicted octanol–water partition coefficient (Wildman–Crippen LogP) is 6.71. The number of ether oxygens (including phenoxy) is 3. The average Bonchev–Trinajstić information content (AvgIpc) is 3.47. The highest BCUT2D eigenvalue weighted by molar-refractivity contribution is 6.05. The number of halogens is 3. The monoisotopic (exact) mass is 552 g/mol. The third-order valence-electron chi connectivity index (χ3n) is 7.34. The van der Waals surface area contributed by atoms with Gasteiger partial charge in [0.25, 0.3) is 0 Å². The Morgan fingerprint density at radius 3 is 2.52 bits per heavy atom. The number of hydrogen-bond acceptors (Lipinski definition) is 7. The average molecular weight is 553 g/mol. The van der Waals surface area contributed by atoms with Gasteiger partial charge in [-0.25, -0.2) is 4.98 Å². The van der Waals surface area contributed by atoms with E-state index >= 15 is 0 Å². The van der Waals surface area contributed by atoms with E-state index in [1.165, 1.54) is 12.1 Å².